The van der Waals surface area contributed by atoms with Crippen LogP contribution in [0, 0.1) is 17.3 Å². The summed E-state index contributed by atoms with van der Waals surface area (Å²) in [5.41, 5.74) is 3.52. The zero-order valence-corrected chi connectivity index (χ0v) is 19.1. The number of aromatic hydroxyl groups is 1. The van der Waals surface area contributed by atoms with Crippen LogP contribution in [-0.4, -0.2) is 32.6 Å². The van der Waals surface area contributed by atoms with Crippen LogP contribution in [0.25, 0.3) is 6.08 Å². The van der Waals surface area contributed by atoms with Gasteiger partial charge in [0.15, 0.2) is 0 Å². The molecule has 0 heterocycles. The third kappa shape index (κ3) is 3.75. The maximum absolute atomic E-state index is 10.8. The third-order valence-corrected chi connectivity index (χ3v) is 9.57. The SMILES string of the molecule is C[C@]12CC[C@@H]3c4ccc(O)cc4CC(Sc4ccc(/C=C/C(=O)O)cc4)[C@H]3[C@@H]1CCC2O. The number of phenols is 1. The number of thioether (sulfide) groups is 1. The van der Waals surface area contributed by atoms with Gasteiger partial charge in [0.05, 0.1) is 6.10 Å². The minimum atomic E-state index is -0.947. The predicted molar refractivity (Wildman–Crippen MR) is 127 cm³/mol. The molecule has 0 radical (unpaired) electrons. The fourth-order valence-electron chi connectivity index (χ4n) is 6.65. The van der Waals surface area contributed by atoms with Crippen molar-refractivity contribution in [2.45, 2.75) is 61.2 Å². The summed E-state index contributed by atoms with van der Waals surface area (Å²) in [4.78, 5) is 12.0. The zero-order valence-electron chi connectivity index (χ0n) is 18.3. The van der Waals surface area contributed by atoms with E-state index in [0.29, 0.717) is 28.8 Å². The van der Waals surface area contributed by atoms with E-state index in [1.165, 1.54) is 16.0 Å². The molecular formula is C27H30O4S. The lowest BCUT2D eigenvalue weighted by molar-refractivity contribution is -0.131. The molecule has 4 nitrogen and oxygen atoms in total. The first-order chi connectivity index (χ1) is 15.3. The number of carboxylic acids is 1. The van der Waals surface area contributed by atoms with Gasteiger partial charge in [-0.25, -0.2) is 4.79 Å². The minimum Gasteiger partial charge on any atom is -0.508 e. The van der Waals surface area contributed by atoms with Crippen LogP contribution >= 0.6 is 11.8 Å². The summed E-state index contributed by atoms with van der Waals surface area (Å²) < 4.78 is 0. The lowest BCUT2D eigenvalue weighted by Gasteiger charge is -2.52. The Kier molecular flexibility index (Phi) is 5.58. The minimum absolute atomic E-state index is 0.000116. The van der Waals surface area contributed by atoms with Gasteiger partial charge in [0.25, 0.3) is 0 Å². The highest BCUT2D eigenvalue weighted by Gasteiger charge is 2.56. The molecule has 2 fully saturated rings. The summed E-state index contributed by atoms with van der Waals surface area (Å²) in [7, 11) is 0. The number of benzene rings is 2. The Morgan fingerprint density at radius 3 is 2.66 bits per heavy atom. The highest BCUT2D eigenvalue weighted by atomic mass is 32.2. The second-order valence-electron chi connectivity index (χ2n) is 9.91. The predicted octanol–water partition coefficient (Wildman–Crippen LogP) is 5.48. The lowest BCUT2D eigenvalue weighted by atomic mass is 9.55. The van der Waals surface area contributed by atoms with Crippen molar-refractivity contribution in [2.24, 2.45) is 17.3 Å². The zero-order chi connectivity index (χ0) is 22.5. The van der Waals surface area contributed by atoms with E-state index in [1.54, 1.807) is 6.08 Å². The quantitative estimate of drug-likeness (QED) is 0.538. The second kappa shape index (κ2) is 8.27. The van der Waals surface area contributed by atoms with E-state index in [-0.39, 0.29) is 11.5 Å². The average Bonchev–Trinajstić information content (AvgIpc) is 3.07. The lowest BCUT2D eigenvalue weighted by Crippen LogP contribution is -2.48. The van der Waals surface area contributed by atoms with Crippen LogP contribution in [-0.2, 0) is 11.2 Å². The van der Waals surface area contributed by atoms with E-state index < -0.39 is 5.97 Å². The molecule has 0 saturated heterocycles. The number of rotatable bonds is 4. The van der Waals surface area contributed by atoms with Crippen molar-refractivity contribution in [1.29, 1.82) is 0 Å². The summed E-state index contributed by atoms with van der Waals surface area (Å²) >= 11 is 1.90. The van der Waals surface area contributed by atoms with Crippen molar-refractivity contribution < 1.29 is 20.1 Å². The number of aliphatic hydroxyl groups is 1. The van der Waals surface area contributed by atoms with Gasteiger partial charge in [0.1, 0.15) is 5.75 Å². The number of fused-ring (bicyclic) bond motifs is 5. The smallest absolute Gasteiger partial charge is 0.328 e. The van der Waals surface area contributed by atoms with Crippen LogP contribution in [0.2, 0.25) is 0 Å². The van der Waals surface area contributed by atoms with Crippen LogP contribution < -0.4 is 0 Å². The maximum atomic E-state index is 10.8. The molecule has 0 aromatic heterocycles. The van der Waals surface area contributed by atoms with Gasteiger partial charge in [-0.1, -0.05) is 25.1 Å². The summed E-state index contributed by atoms with van der Waals surface area (Å²) in [6.07, 6.45) is 7.60. The standard InChI is InChI=1S/C27H30O4S/c1-27-13-12-21-20-8-5-18(28)14-17(20)15-23(26(21)22(27)9-10-24(27)29)32-19-6-2-16(3-7-19)4-11-25(30)31/h2-8,11,14,21-24,26,28-29H,9-10,12-13,15H2,1H3,(H,30,31)/b11-4+/t21-,22+,23?,24?,26-,27+/m1/s1. The van der Waals surface area contributed by atoms with E-state index in [0.717, 1.165) is 43.7 Å². The number of aliphatic hydroxyl groups excluding tert-OH is 1. The highest BCUT2D eigenvalue weighted by molar-refractivity contribution is 8.00. The molecule has 3 N–H and O–H groups in total. The fourth-order valence-corrected chi connectivity index (χ4v) is 8.09. The van der Waals surface area contributed by atoms with E-state index in [9.17, 15) is 15.0 Å². The molecule has 6 atom stereocenters. The second-order valence-corrected chi connectivity index (χ2v) is 11.2. The summed E-state index contributed by atoms with van der Waals surface area (Å²) in [5, 5.41) is 30.2. The topological polar surface area (TPSA) is 77.8 Å². The molecular weight excluding hydrogens is 420 g/mol. The van der Waals surface area contributed by atoms with Crippen LogP contribution in [0.1, 0.15) is 55.2 Å². The number of phenolic OH excluding ortho intramolecular Hbond substituents is 1. The third-order valence-electron chi connectivity index (χ3n) is 8.24. The van der Waals surface area contributed by atoms with Crippen molar-refractivity contribution in [3.05, 3.63) is 65.2 Å². The van der Waals surface area contributed by atoms with Gasteiger partial charge in [-0.15, -0.1) is 11.8 Å². The molecule has 0 amide bonds. The molecule has 2 unspecified atom stereocenters. The number of hydrogen-bond acceptors (Lipinski definition) is 4. The molecule has 2 aromatic carbocycles. The van der Waals surface area contributed by atoms with E-state index in [1.807, 2.05) is 36.0 Å². The van der Waals surface area contributed by atoms with Crippen molar-refractivity contribution >= 4 is 23.8 Å². The molecule has 3 aliphatic rings. The normalized spacial score (nSPS) is 33.5. The van der Waals surface area contributed by atoms with Gasteiger partial charge in [-0.2, -0.15) is 0 Å². The fraction of sp³-hybridized carbons (Fsp3) is 0.444. The molecule has 32 heavy (non-hydrogen) atoms. The largest absolute Gasteiger partial charge is 0.508 e. The van der Waals surface area contributed by atoms with Crippen molar-refractivity contribution in [1.82, 2.24) is 0 Å². The first kappa shape index (κ1) is 21.6. The van der Waals surface area contributed by atoms with Crippen molar-refractivity contribution in [3.8, 4) is 5.75 Å². The molecule has 2 saturated carbocycles. The first-order valence-corrected chi connectivity index (χ1v) is 12.4. The first-order valence-electron chi connectivity index (χ1n) is 11.5. The number of carbonyl (C=O) groups is 1. The maximum Gasteiger partial charge on any atom is 0.328 e. The Morgan fingerprint density at radius 2 is 1.91 bits per heavy atom. The Labute approximate surface area is 193 Å². The van der Waals surface area contributed by atoms with Gasteiger partial charge in [-0.3, -0.25) is 0 Å². The summed E-state index contributed by atoms with van der Waals surface area (Å²) in [6, 6.07) is 14.0. The molecule has 0 aliphatic heterocycles. The van der Waals surface area contributed by atoms with Gasteiger partial charge in [-0.05, 0) is 102 Å². The van der Waals surface area contributed by atoms with Gasteiger partial charge in [0.2, 0.25) is 0 Å². The highest BCUT2D eigenvalue weighted by Crippen LogP contribution is 2.62. The Morgan fingerprint density at radius 1 is 1.12 bits per heavy atom. The average molecular weight is 451 g/mol. The van der Waals surface area contributed by atoms with Gasteiger partial charge >= 0.3 is 5.97 Å². The van der Waals surface area contributed by atoms with Crippen LogP contribution in [0.15, 0.2) is 53.4 Å². The Hall–Kier alpha value is -2.24. The molecule has 2 aromatic rings. The van der Waals surface area contributed by atoms with Crippen LogP contribution in [0.3, 0.4) is 0 Å². The Balaban J connectivity index is 1.47. The molecule has 0 spiro atoms. The molecule has 5 heteroatoms. The summed E-state index contributed by atoms with van der Waals surface area (Å²) in [5.74, 6) is 0.862. The number of hydrogen-bond donors (Lipinski definition) is 3. The van der Waals surface area contributed by atoms with Gasteiger partial charge in [0, 0.05) is 16.2 Å². The van der Waals surface area contributed by atoms with E-state index in [4.69, 9.17) is 5.11 Å². The van der Waals surface area contributed by atoms with Crippen LogP contribution in [0.4, 0.5) is 0 Å². The molecule has 168 valence electrons. The van der Waals surface area contributed by atoms with E-state index >= 15 is 0 Å². The Bertz CT molecular complexity index is 1050. The van der Waals surface area contributed by atoms with E-state index in [2.05, 4.69) is 25.1 Å². The molecule has 5 rings (SSSR count). The number of carboxylic acid groups (broad SMARTS) is 1. The van der Waals surface area contributed by atoms with Crippen LogP contribution in [0.5, 0.6) is 5.75 Å². The molecule has 3 aliphatic carbocycles. The van der Waals surface area contributed by atoms with Gasteiger partial charge < -0.3 is 15.3 Å². The summed E-state index contributed by atoms with van der Waals surface area (Å²) in [6.45, 7) is 2.29. The van der Waals surface area contributed by atoms with Crippen molar-refractivity contribution in [3.63, 3.8) is 0 Å². The number of aliphatic carboxylic acids is 1. The monoisotopic (exact) mass is 450 g/mol. The van der Waals surface area contributed by atoms with Crippen molar-refractivity contribution in [2.75, 3.05) is 0 Å². The molecule has 0 bridgehead atoms.